The van der Waals surface area contributed by atoms with Gasteiger partial charge in [-0.1, -0.05) is 79.7 Å². The molecule has 1 aliphatic carbocycles. The number of sulfonamides is 1. The molecular weight excluding hydrogens is 609 g/mol. The van der Waals surface area contributed by atoms with Crippen LogP contribution < -0.4 is 14.4 Å². The Kier molecular flexibility index (Phi) is 11.3. The van der Waals surface area contributed by atoms with Crippen molar-refractivity contribution < 1.29 is 22.7 Å². The lowest BCUT2D eigenvalue weighted by Gasteiger charge is -2.34. The zero-order chi connectivity index (χ0) is 31.0. The maximum absolute atomic E-state index is 14.3. The topological polar surface area (TPSA) is 96.0 Å². The van der Waals surface area contributed by atoms with Crippen LogP contribution in [0.3, 0.4) is 0 Å². The lowest BCUT2D eigenvalue weighted by atomic mass is 9.95. The van der Waals surface area contributed by atoms with E-state index in [2.05, 4.69) is 5.32 Å². The number of nitrogens with one attached hydrogen (secondary N) is 1. The molecule has 0 heterocycles. The summed E-state index contributed by atoms with van der Waals surface area (Å²) in [6.45, 7) is 1.36. The SMILES string of the molecule is CCC(C(=O)NC1CCCCC1)N(Cc1cccc(OC)c1)C(=O)CN(c1ccc(Cl)c(Cl)c1)S(=O)(=O)c1ccccc1. The molecule has 3 aromatic carbocycles. The highest BCUT2D eigenvalue weighted by Crippen LogP contribution is 2.31. The average molecular weight is 647 g/mol. The molecule has 8 nitrogen and oxygen atoms in total. The maximum Gasteiger partial charge on any atom is 0.264 e. The molecule has 11 heteroatoms. The normalized spacial score (nSPS) is 14.5. The summed E-state index contributed by atoms with van der Waals surface area (Å²) in [5.41, 5.74) is 0.913. The van der Waals surface area contributed by atoms with E-state index >= 15 is 0 Å². The van der Waals surface area contributed by atoms with Crippen LogP contribution in [0, 0.1) is 0 Å². The Morgan fingerprint density at radius 1 is 0.953 bits per heavy atom. The second-order valence-electron chi connectivity index (χ2n) is 10.6. The molecule has 43 heavy (non-hydrogen) atoms. The van der Waals surface area contributed by atoms with E-state index < -0.39 is 28.5 Å². The van der Waals surface area contributed by atoms with Crippen molar-refractivity contribution in [3.05, 3.63) is 88.4 Å². The summed E-state index contributed by atoms with van der Waals surface area (Å²) >= 11 is 12.4. The van der Waals surface area contributed by atoms with Gasteiger partial charge >= 0.3 is 0 Å². The summed E-state index contributed by atoms with van der Waals surface area (Å²) < 4.78 is 34.3. The van der Waals surface area contributed by atoms with E-state index in [4.69, 9.17) is 27.9 Å². The van der Waals surface area contributed by atoms with Crippen LogP contribution in [0.4, 0.5) is 5.69 Å². The van der Waals surface area contributed by atoms with Crippen LogP contribution in [0.2, 0.25) is 10.0 Å². The van der Waals surface area contributed by atoms with Crippen molar-refractivity contribution in [2.24, 2.45) is 0 Å². The molecule has 3 aromatic rings. The minimum Gasteiger partial charge on any atom is -0.497 e. The Labute approximate surface area is 264 Å². The van der Waals surface area contributed by atoms with Gasteiger partial charge in [-0.05, 0) is 67.3 Å². The molecule has 2 amide bonds. The quantitative estimate of drug-likeness (QED) is 0.244. The number of carbonyl (C=O) groups is 2. The Morgan fingerprint density at radius 3 is 2.33 bits per heavy atom. The fourth-order valence-electron chi connectivity index (χ4n) is 5.32. The van der Waals surface area contributed by atoms with Crippen molar-refractivity contribution in [2.75, 3.05) is 18.0 Å². The maximum atomic E-state index is 14.3. The molecule has 0 aliphatic heterocycles. The summed E-state index contributed by atoms with van der Waals surface area (Å²) in [5.74, 6) is -0.189. The van der Waals surface area contributed by atoms with E-state index in [1.165, 1.54) is 35.2 Å². The number of halogens is 2. The Hall–Kier alpha value is -3.27. The molecular formula is C32H37Cl2N3O5S. The first-order valence-electron chi connectivity index (χ1n) is 14.4. The van der Waals surface area contributed by atoms with Crippen LogP contribution in [0.1, 0.15) is 51.0 Å². The van der Waals surface area contributed by atoms with Gasteiger partial charge in [0, 0.05) is 12.6 Å². The number of hydrogen-bond donors (Lipinski definition) is 1. The van der Waals surface area contributed by atoms with E-state index in [9.17, 15) is 18.0 Å². The van der Waals surface area contributed by atoms with Crippen LogP contribution in [0.25, 0.3) is 0 Å². The van der Waals surface area contributed by atoms with Gasteiger partial charge in [0.15, 0.2) is 0 Å². The number of rotatable bonds is 12. The average Bonchev–Trinajstić information content (AvgIpc) is 3.02. The Morgan fingerprint density at radius 2 is 1.67 bits per heavy atom. The lowest BCUT2D eigenvalue weighted by Crippen LogP contribution is -2.54. The zero-order valence-electron chi connectivity index (χ0n) is 24.3. The summed E-state index contributed by atoms with van der Waals surface area (Å²) in [4.78, 5) is 29.4. The smallest absolute Gasteiger partial charge is 0.264 e. The van der Waals surface area contributed by atoms with E-state index in [0.29, 0.717) is 12.2 Å². The van der Waals surface area contributed by atoms with Gasteiger partial charge in [0.25, 0.3) is 10.0 Å². The predicted octanol–water partition coefficient (Wildman–Crippen LogP) is 6.45. The summed E-state index contributed by atoms with van der Waals surface area (Å²) in [5, 5.41) is 3.54. The van der Waals surface area contributed by atoms with Crippen molar-refractivity contribution in [3.63, 3.8) is 0 Å². The molecule has 0 aromatic heterocycles. The monoisotopic (exact) mass is 645 g/mol. The van der Waals surface area contributed by atoms with E-state index in [-0.39, 0.29) is 39.1 Å². The minimum atomic E-state index is -4.21. The van der Waals surface area contributed by atoms with E-state index in [0.717, 1.165) is 42.0 Å². The third-order valence-electron chi connectivity index (χ3n) is 7.63. The second kappa shape index (κ2) is 14.9. The number of amides is 2. The van der Waals surface area contributed by atoms with Crippen LogP contribution in [0.15, 0.2) is 77.7 Å². The van der Waals surface area contributed by atoms with Gasteiger partial charge in [0.1, 0.15) is 18.3 Å². The summed E-state index contributed by atoms with van der Waals surface area (Å²) in [7, 11) is -2.65. The molecule has 1 atom stereocenters. The van der Waals surface area contributed by atoms with Crippen molar-refractivity contribution in [2.45, 2.75) is 69.0 Å². The highest BCUT2D eigenvalue weighted by molar-refractivity contribution is 7.92. The molecule has 4 rings (SSSR count). The van der Waals surface area contributed by atoms with Crippen molar-refractivity contribution in [3.8, 4) is 5.75 Å². The minimum absolute atomic E-state index is 0.00954. The summed E-state index contributed by atoms with van der Waals surface area (Å²) in [6, 6.07) is 18.7. The van der Waals surface area contributed by atoms with Crippen LogP contribution in [0.5, 0.6) is 5.75 Å². The van der Waals surface area contributed by atoms with Gasteiger partial charge in [0.05, 0.1) is 27.7 Å². The van der Waals surface area contributed by atoms with Crippen LogP contribution >= 0.6 is 23.2 Å². The molecule has 230 valence electrons. The molecule has 0 spiro atoms. The predicted molar refractivity (Wildman–Crippen MR) is 170 cm³/mol. The number of methoxy groups -OCH3 is 1. The molecule has 1 aliphatic rings. The number of carbonyl (C=O) groups excluding carboxylic acids is 2. The van der Waals surface area contributed by atoms with Crippen molar-refractivity contribution in [1.29, 1.82) is 0 Å². The van der Waals surface area contributed by atoms with Gasteiger partial charge < -0.3 is 15.0 Å². The van der Waals surface area contributed by atoms with Gasteiger partial charge in [-0.25, -0.2) is 8.42 Å². The van der Waals surface area contributed by atoms with Crippen LogP contribution in [-0.4, -0.2) is 50.9 Å². The van der Waals surface area contributed by atoms with Crippen molar-refractivity contribution in [1.82, 2.24) is 10.2 Å². The molecule has 1 fully saturated rings. The molecule has 0 bridgehead atoms. The molecule has 1 N–H and O–H groups in total. The Bertz CT molecular complexity index is 1510. The van der Waals surface area contributed by atoms with Gasteiger partial charge in [0.2, 0.25) is 11.8 Å². The fraction of sp³-hybridized carbons (Fsp3) is 0.375. The number of nitrogens with zero attached hydrogens (tertiary/aromatic N) is 2. The van der Waals surface area contributed by atoms with Gasteiger partial charge in [-0.3, -0.25) is 13.9 Å². The number of hydrogen-bond acceptors (Lipinski definition) is 5. The van der Waals surface area contributed by atoms with Crippen molar-refractivity contribution >= 4 is 50.7 Å². The lowest BCUT2D eigenvalue weighted by molar-refractivity contribution is -0.140. The molecule has 0 radical (unpaired) electrons. The standard InChI is InChI=1S/C32H37Cl2N3O5S/c1-3-30(32(39)35-24-12-6-4-7-13-24)36(21-23-11-10-14-26(19-23)42-2)31(38)22-37(25-17-18-28(33)29(34)20-25)43(40,41)27-15-8-5-9-16-27/h5,8-11,14-20,24,30H,3-4,6-7,12-13,21-22H2,1-2H3,(H,35,39). The highest BCUT2D eigenvalue weighted by atomic mass is 35.5. The first-order chi connectivity index (χ1) is 20.6. The fourth-order valence-corrected chi connectivity index (χ4v) is 7.04. The number of ether oxygens (including phenoxy) is 1. The van der Waals surface area contributed by atoms with E-state index in [1.54, 1.807) is 37.4 Å². The summed E-state index contributed by atoms with van der Waals surface area (Å²) in [6.07, 6.45) is 5.37. The second-order valence-corrected chi connectivity index (χ2v) is 13.2. The number of anilines is 1. The molecule has 1 saturated carbocycles. The first kappa shape index (κ1) is 32.6. The highest BCUT2D eigenvalue weighted by Gasteiger charge is 2.34. The van der Waals surface area contributed by atoms with Gasteiger partial charge in [-0.2, -0.15) is 0 Å². The largest absolute Gasteiger partial charge is 0.497 e. The number of benzene rings is 3. The van der Waals surface area contributed by atoms with Crippen LogP contribution in [-0.2, 0) is 26.2 Å². The zero-order valence-corrected chi connectivity index (χ0v) is 26.7. The van der Waals surface area contributed by atoms with Gasteiger partial charge in [-0.15, -0.1) is 0 Å². The first-order valence-corrected chi connectivity index (χ1v) is 16.6. The van der Waals surface area contributed by atoms with E-state index in [1.807, 2.05) is 19.1 Å². The Balaban J connectivity index is 1.72. The molecule has 0 saturated heterocycles. The molecule has 1 unspecified atom stereocenters. The third kappa shape index (κ3) is 8.22. The third-order valence-corrected chi connectivity index (χ3v) is 10.2.